The molecule has 0 spiro atoms. The second-order valence-electron chi connectivity index (χ2n) is 4.33. The molecule has 8 nitrogen and oxygen atoms in total. The van der Waals surface area contributed by atoms with Gasteiger partial charge in [0.1, 0.15) is 19.5 Å². The molecule has 22 heavy (non-hydrogen) atoms. The molecule has 0 radical (unpaired) electrons. The second-order valence-corrected chi connectivity index (χ2v) is 6.13. The number of nitrogens with zero attached hydrogens (tertiary/aromatic N) is 3. The van der Waals surface area contributed by atoms with Crippen LogP contribution >= 0.6 is 27.7 Å². The van der Waals surface area contributed by atoms with E-state index in [-0.39, 0.29) is 11.7 Å². The summed E-state index contributed by atoms with van der Waals surface area (Å²) in [5.74, 6) is 6.82. The predicted octanol–water partition coefficient (Wildman–Crippen LogP) is 1.26. The number of carbonyl (C=O) groups excluding carboxylic acids is 1. The molecule has 3 rings (SSSR count). The Kier molecular flexibility index (Phi) is 4.39. The van der Waals surface area contributed by atoms with Gasteiger partial charge in [-0.05, 0) is 15.9 Å². The van der Waals surface area contributed by atoms with Gasteiger partial charge in [-0.2, -0.15) is 0 Å². The molecule has 116 valence electrons. The number of rotatable bonds is 4. The average Bonchev–Trinajstić information content (AvgIpc) is 2.91. The SMILES string of the molecule is Nn1cnnc1SCC(=O)Nc1cc2c(cc1Br)OCCO2. The van der Waals surface area contributed by atoms with Gasteiger partial charge in [0, 0.05) is 16.6 Å². The van der Waals surface area contributed by atoms with E-state index < -0.39 is 0 Å². The van der Waals surface area contributed by atoms with E-state index >= 15 is 0 Å². The van der Waals surface area contributed by atoms with E-state index in [0.29, 0.717) is 35.6 Å². The zero-order chi connectivity index (χ0) is 15.5. The van der Waals surface area contributed by atoms with Crippen LogP contribution in [0.1, 0.15) is 0 Å². The molecule has 10 heteroatoms. The van der Waals surface area contributed by atoms with Gasteiger partial charge in [0.15, 0.2) is 11.5 Å². The molecule has 1 aromatic carbocycles. The van der Waals surface area contributed by atoms with Gasteiger partial charge < -0.3 is 20.6 Å². The van der Waals surface area contributed by atoms with Crippen LogP contribution in [-0.2, 0) is 4.79 Å². The monoisotopic (exact) mass is 385 g/mol. The highest BCUT2D eigenvalue weighted by Crippen LogP contribution is 2.38. The van der Waals surface area contributed by atoms with E-state index in [0.717, 1.165) is 4.47 Å². The quantitative estimate of drug-likeness (QED) is 0.602. The van der Waals surface area contributed by atoms with Gasteiger partial charge in [0.2, 0.25) is 11.1 Å². The highest BCUT2D eigenvalue weighted by atomic mass is 79.9. The predicted molar refractivity (Wildman–Crippen MR) is 84.7 cm³/mol. The maximum absolute atomic E-state index is 12.0. The summed E-state index contributed by atoms with van der Waals surface area (Å²) in [4.78, 5) is 12.0. The Balaban J connectivity index is 1.65. The Morgan fingerprint density at radius 2 is 2.14 bits per heavy atom. The van der Waals surface area contributed by atoms with Crippen LogP contribution < -0.4 is 20.6 Å². The van der Waals surface area contributed by atoms with E-state index in [9.17, 15) is 4.79 Å². The fraction of sp³-hybridized carbons (Fsp3) is 0.250. The molecule has 2 heterocycles. The van der Waals surface area contributed by atoms with Gasteiger partial charge in [-0.25, -0.2) is 4.68 Å². The minimum Gasteiger partial charge on any atom is -0.486 e. The first-order chi connectivity index (χ1) is 10.6. The number of anilines is 1. The van der Waals surface area contributed by atoms with Crippen LogP contribution in [0.3, 0.4) is 0 Å². The lowest BCUT2D eigenvalue weighted by molar-refractivity contribution is -0.113. The van der Waals surface area contributed by atoms with Crippen LogP contribution in [0.5, 0.6) is 11.5 Å². The molecule has 0 bridgehead atoms. The third-order valence-corrected chi connectivity index (χ3v) is 4.39. The van der Waals surface area contributed by atoms with Gasteiger partial charge in [-0.3, -0.25) is 4.79 Å². The molecule has 0 aliphatic carbocycles. The number of fused-ring (bicyclic) bond motifs is 1. The van der Waals surface area contributed by atoms with Crippen LogP contribution in [0, 0.1) is 0 Å². The summed E-state index contributed by atoms with van der Waals surface area (Å²) in [6.07, 6.45) is 1.37. The minimum absolute atomic E-state index is 0.163. The number of nitrogens with one attached hydrogen (secondary N) is 1. The molecule has 3 N–H and O–H groups in total. The van der Waals surface area contributed by atoms with Crippen molar-refractivity contribution in [2.75, 3.05) is 30.1 Å². The van der Waals surface area contributed by atoms with Crippen LogP contribution in [0.25, 0.3) is 0 Å². The molecule has 0 unspecified atom stereocenters. The second kappa shape index (κ2) is 6.44. The van der Waals surface area contributed by atoms with Crippen molar-refractivity contribution in [2.45, 2.75) is 5.16 Å². The number of hydrogen-bond acceptors (Lipinski definition) is 7. The molecule has 0 fully saturated rings. The summed E-state index contributed by atoms with van der Waals surface area (Å²) in [7, 11) is 0. The fourth-order valence-corrected chi connectivity index (χ4v) is 2.87. The molecule has 0 atom stereocenters. The Morgan fingerprint density at radius 1 is 1.41 bits per heavy atom. The normalized spacial score (nSPS) is 13.0. The molecular weight excluding hydrogens is 374 g/mol. The van der Waals surface area contributed by atoms with Crippen LogP contribution in [0.4, 0.5) is 5.69 Å². The summed E-state index contributed by atoms with van der Waals surface area (Å²) in [6, 6.07) is 3.50. The van der Waals surface area contributed by atoms with Crippen molar-refractivity contribution in [1.29, 1.82) is 0 Å². The zero-order valence-electron chi connectivity index (χ0n) is 11.3. The number of nitrogen functional groups attached to an aromatic ring is 1. The number of amides is 1. The standard InChI is InChI=1S/C12H12BrN5O3S/c13-7-3-9-10(21-2-1-20-9)4-8(7)16-11(19)5-22-12-17-15-6-18(12)14/h3-4,6H,1-2,5,14H2,(H,16,19). The maximum atomic E-state index is 12.0. The van der Waals surface area contributed by atoms with E-state index in [2.05, 4.69) is 31.4 Å². The molecule has 1 amide bonds. The fourth-order valence-electron chi connectivity index (χ4n) is 1.81. The lowest BCUT2D eigenvalue weighted by atomic mass is 10.2. The van der Waals surface area contributed by atoms with Gasteiger partial charge in [0.05, 0.1) is 11.4 Å². The van der Waals surface area contributed by atoms with Gasteiger partial charge in [-0.1, -0.05) is 11.8 Å². The summed E-state index contributed by atoms with van der Waals surface area (Å²) in [5, 5.41) is 10.7. The summed E-state index contributed by atoms with van der Waals surface area (Å²) >= 11 is 4.60. The van der Waals surface area contributed by atoms with Crippen LogP contribution in [0.2, 0.25) is 0 Å². The van der Waals surface area contributed by atoms with Crippen molar-refractivity contribution in [2.24, 2.45) is 0 Å². The molecule has 2 aromatic rings. The van der Waals surface area contributed by atoms with Crippen molar-refractivity contribution in [3.63, 3.8) is 0 Å². The highest BCUT2D eigenvalue weighted by molar-refractivity contribution is 9.10. The summed E-state index contributed by atoms with van der Waals surface area (Å²) < 4.78 is 12.9. The topological polar surface area (TPSA) is 104 Å². The number of hydrogen-bond donors (Lipinski definition) is 2. The van der Waals surface area contributed by atoms with Crippen molar-refractivity contribution in [3.05, 3.63) is 22.9 Å². The average molecular weight is 386 g/mol. The first-order valence-electron chi connectivity index (χ1n) is 6.30. The lowest BCUT2D eigenvalue weighted by Crippen LogP contribution is -2.18. The van der Waals surface area contributed by atoms with E-state index in [1.165, 1.54) is 22.8 Å². The van der Waals surface area contributed by atoms with Crippen molar-refractivity contribution in [1.82, 2.24) is 14.9 Å². The van der Waals surface area contributed by atoms with E-state index in [4.69, 9.17) is 15.3 Å². The number of ether oxygens (including phenoxy) is 2. The molecule has 1 aliphatic rings. The third kappa shape index (κ3) is 3.28. The first-order valence-corrected chi connectivity index (χ1v) is 8.08. The molecule has 0 saturated heterocycles. The first kappa shape index (κ1) is 15.0. The zero-order valence-corrected chi connectivity index (χ0v) is 13.7. The number of thioether (sulfide) groups is 1. The van der Waals surface area contributed by atoms with E-state index in [1.807, 2.05) is 0 Å². The molecule has 1 aliphatic heterocycles. The van der Waals surface area contributed by atoms with Gasteiger partial charge in [-0.15, -0.1) is 10.2 Å². The van der Waals surface area contributed by atoms with Crippen LogP contribution in [-0.4, -0.2) is 39.7 Å². The Labute approximate surface area is 138 Å². The largest absolute Gasteiger partial charge is 0.486 e. The number of aromatic nitrogens is 3. The lowest BCUT2D eigenvalue weighted by Gasteiger charge is -2.20. The number of halogens is 1. The van der Waals surface area contributed by atoms with Crippen molar-refractivity contribution in [3.8, 4) is 11.5 Å². The molecule has 0 saturated carbocycles. The summed E-state index contributed by atoms with van der Waals surface area (Å²) in [6.45, 7) is 1.01. The molecule has 1 aromatic heterocycles. The number of nitrogens with two attached hydrogens (primary N) is 1. The van der Waals surface area contributed by atoms with Gasteiger partial charge in [0.25, 0.3) is 0 Å². The van der Waals surface area contributed by atoms with Crippen molar-refractivity contribution >= 4 is 39.3 Å². The number of benzene rings is 1. The third-order valence-electron chi connectivity index (χ3n) is 2.78. The number of carbonyl (C=O) groups is 1. The van der Waals surface area contributed by atoms with Crippen LogP contribution in [0.15, 0.2) is 28.1 Å². The Bertz CT molecular complexity index is 708. The van der Waals surface area contributed by atoms with Gasteiger partial charge >= 0.3 is 0 Å². The minimum atomic E-state index is -0.189. The Morgan fingerprint density at radius 3 is 2.82 bits per heavy atom. The Hall–Kier alpha value is -1.94. The molecular formula is C12H12BrN5O3S. The maximum Gasteiger partial charge on any atom is 0.234 e. The van der Waals surface area contributed by atoms with Crippen molar-refractivity contribution < 1.29 is 14.3 Å². The smallest absolute Gasteiger partial charge is 0.234 e. The van der Waals surface area contributed by atoms with E-state index in [1.54, 1.807) is 12.1 Å². The summed E-state index contributed by atoms with van der Waals surface area (Å²) in [5.41, 5.74) is 0.615. The highest BCUT2D eigenvalue weighted by Gasteiger charge is 2.16.